The van der Waals surface area contributed by atoms with E-state index in [1.807, 2.05) is 16.8 Å². The minimum Gasteiger partial charge on any atom is -0.379 e. The summed E-state index contributed by atoms with van der Waals surface area (Å²) in [5, 5.41) is 4.10. The van der Waals surface area contributed by atoms with Gasteiger partial charge in [-0.1, -0.05) is 24.4 Å². The third-order valence-corrected chi connectivity index (χ3v) is 6.74. The fourth-order valence-corrected chi connectivity index (χ4v) is 5.01. The molecule has 2 amide bonds. The first-order valence-corrected chi connectivity index (χ1v) is 11.4. The number of morpholine rings is 1. The maximum Gasteiger partial charge on any atom is 0.276 e. The fourth-order valence-electron chi connectivity index (χ4n) is 5.01. The molecule has 4 rings (SSSR count). The van der Waals surface area contributed by atoms with Gasteiger partial charge in [-0.05, 0) is 25.7 Å². The molecule has 3 fully saturated rings. The van der Waals surface area contributed by atoms with Gasteiger partial charge in [-0.2, -0.15) is 0 Å². The summed E-state index contributed by atoms with van der Waals surface area (Å²) >= 11 is 0. The molecule has 3 heterocycles. The predicted octanol–water partition coefficient (Wildman–Crippen LogP) is 2.15. The van der Waals surface area contributed by atoms with Gasteiger partial charge in [0.25, 0.3) is 5.91 Å². The summed E-state index contributed by atoms with van der Waals surface area (Å²) in [5.74, 6) is 0.692. The second-order valence-corrected chi connectivity index (χ2v) is 8.84. The largest absolute Gasteiger partial charge is 0.379 e. The second-order valence-electron chi connectivity index (χ2n) is 8.84. The van der Waals surface area contributed by atoms with Crippen LogP contribution in [0.3, 0.4) is 0 Å². The summed E-state index contributed by atoms with van der Waals surface area (Å²) in [7, 11) is 1.90. The average molecular weight is 419 g/mol. The molecule has 8 heteroatoms. The van der Waals surface area contributed by atoms with E-state index in [1.165, 1.54) is 0 Å². The molecule has 2 saturated heterocycles. The maximum absolute atomic E-state index is 13.4. The number of fused-ring (bicyclic) bond motifs is 1. The van der Waals surface area contributed by atoms with Crippen LogP contribution in [-0.2, 0) is 16.1 Å². The highest BCUT2D eigenvalue weighted by atomic mass is 16.5. The normalized spacial score (nSPS) is 27.0. The number of ether oxygens (including phenoxy) is 1. The van der Waals surface area contributed by atoms with Gasteiger partial charge in [-0.3, -0.25) is 14.5 Å². The smallest absolute Gasteiger partial charge is 0.276 e. The molecule has 166 valence electrons. The number of hydrogen-bond donors (Lipinski definition) is 0. The summed E-state index contributed by atoms with van der Waals surface area (Å²) in [6.07, 6.45) is 6.88. The Labute approximate surface area is 178 Å². The van der Waals surface area contributed by atoms with Crippen LogP contribution in [0.25, 0.3) is 0 Å². The van der Waals surface area contributed by atoms with Crippen molar-refractivity contribution in [2.24, 2.45) is 5.92 Å². The topological polar surface area (TPSA) is 79.1 Å². The zero-order chi connectivity index (χ0) is 20.9. The molecule has 1 aromatic heterocycles. The molecule has 0 unspecified atom stereocenters. The van der Waals surface area contributed by atoms with E-state index in [0.29, 0.717) is 24.5 Å². The Morgan fingerprint density at radius 1 is 1.07 bits per heavy atom. The van der Waals surface area contributed by atoms with Crippen molar-refractivity contribution in [1.82, 2.24) is 19.9 Å². The van der Waals surface area contributed by atoms with E-state index in [4.69, 9.17) is 9.26 Å². The Morgan fingerprint density at radius 2 is 1.83 bits per heavy atom. The van der Waals surface area contributed by atoms with Crippen molar-refractivity contribution in [2.45, 2.75) is 57.5 Å². The van der Waals surface area contributed by atoms with Crippen molar-refractivity contribution >= 4 is 11.8 Å². The monoisotopic (exact) mass is 418 g/mol. The molecule has 0 aromatic carbocycles. The van der Waals surface area contributed by atoms with Gasteiger partial charge >= 0.3 is 0 Å². The van der Waals surface area contributed by atoms with E-state index in [2.05, 4.69) is 10.1 Å². The molecule has 0 bridgehead atoms. The lowest BCUT2D eigenvalue weighted by Crippen LogP contribution is -2.47. The van der Waals surface area contributed by atoms with Gasteiger partial charge in [0.1, 0.15) is 0 Å². The minimum atomic E-state index is -0.100. The molecule has 0 radical (unpaired) electrons. The van der Waals surface area contributed by atoms with Crippen molar-refractivity contribution in [3.8, 4) is 0 Å². The van der Waals surface area contributed by atoms with Crippen molar-refractivity contribution in [3.05, 3.63) is 17.5 Å². The van der Waals surface area contributed by atoms with Gasteiger partial charge in [0, 0.05) is 45.3 Å². The Bertz CT molecular complexity index is 730. The SMILES string of the molecule is CN1CCCCCCN(C(=O)c2cc(CN3CCOCC3)on2)[C@H]2CCC[C@H]2C1=O. The number of carbonyl (C=O) groups excluding carboxylic acids is 2. The molecule has 0 N–H and O–H groups in total. The Kier molecular flexibility index (Phi) is 7.04. The van der Waals surface area contributed by atoms with E-state index < -0.39 is 0 Å². The lowest BCUT2D eigenvalue weighted by molar-refractivity contribution is -0.135. The Hall–Kier alpha value is -1.93. The zero-order valence-electron chi connectivity index (χ0n) is 18.1. The van der Waals surface area contributed by atoms with Gasteiger partial charge in [-0.15, -0.1) is 0 Å². The van der Waals surface area contributed by atoms with E-state index in [-0.39, 0.29) is 23.8 Å². The van der Waals surface area contributed by atoms with Crippen molar-refractivity contribution in [2.75, 3.05) is 46.4 Å². The van der Waals surface area contributed by atoms with Crippen molar-refractivity contribution in [3.63, 3.8) is 0 Å². The summed E-state index contributed by atoms with van der Waals surface area (Å²) in [6.45, 7) is 5.29. The van der Waals surface area contributed by atoms with Crippen LogP contribution < -0.4 is 0 Å². The van der Waals surface area contributed by atoms with Crippen LogP contribution in [0.15, 0.2) is 10.6 Å². The summed E-state index contributed by atoms with van der Waals surface area (Å²) in [5.41, 5.74) is 0.361. The Balaban J connectivity index is 1.49. The predicted molar refractivity (Wildman–Crippen MR) is 111 cm³/mol. The van der Waals surface area contributed by atoms with E-state index >= 15 is 0 Å². The zero-order valence-corrected chi connectivity index (χ0v) is 18.1. The first-order valence-electron chi connectivity index (χ1n) is 11.4. The number of nitrogens with zero attached hydrogens (tertiary/aromatic N) is 4. The Morgan fingerprint density at radius 3 is 2.63 bits per heavy atom. The van der Waals surface area contributed by atoms with Crippen LogP contribution in [0.2, 0.25) is 0 Å². The fraction of sp³-hybridized carbons (Fsp3) is 0.773. The number of rotatable bonds is 3. The van der Waals surface area contributed by atoms with Gasteiger partial charge in [0.2, 0.25) is 5.91 Å². The van der Waals surface area contributed by atoms with Crippen molar-refractivity contribution < 1.29 is 18.8 Å². The molecule has 2 aliphatic heterocycles. The van der Waals surface area contributed by atoms with Crippen LogP contribution in [-0.4, -0.2) is 84.2 Å². The van der Waals surface area contributed by atoms with Crippen LogP contribution >= 0.6 is 0 Å². The van der Waals surface area contributed by atoms with E-state index in [0.717, 1.165) is 77.8 Å². The third-order valence-electron chi connectivity index (χ3n) is 6.74. The molecule has 3 aliphatic rings. The molecule has 8 nitrogen and oxygen atoms in total. The van der Waals surface area contributed by atoms with Gasteiger partial charge in [0.15, 0.2) is 11.5 Å². The molecule has 2 atom stereocenters. The maximum atomic E-state index is 13.4. The highest BCUT2D eigenvalue weighted by molar-refractivity contribution is 5.93. The van der Waals surface area contributed by atoms with E-state index in [1.54, 1.807) is 6.07 Å². The number of amides is 2. The van der Waals surface area contributed by atoms with Crippen LogP contribution in [0.1, 0.15) is 61.2 Å². The lowest BCUT2D eigenvalue weighted by atomic mass is 9.99. The van der Waals surface area contributed by atoms with Crippen LogP contribution in [0, 0.1) is 5.92 Å². The summed E-state index contributed by atoms with van der Waals surface area (Å²) in [6, 6.07) is 1.74. The molecular formula is C22H34N4O4. The van der Waals surface area contributed by atoms with Crippen LogP contribution in [0.4, 0.5) is 0 Å². The summed E-state index contributed by atoms with van der Waals surface area (Å²) in [4.78, 5) is 32.5. The van der Waals surface area contributed by atoms with Crippen LogP contribution in [0.5, 0.6) is 0 Å². The lowest BCUT2D eigenvalue weighted by Gasteiger charge is -2.33. The second kappa shape index (κ2) is 9.92. The number of carbonyl (C=O) groups is 2. The first kappa shape index (κ1) is 21.3. The van der Waals surface area contributed by atoms with E-state index in [9.17, 15) is 9.59 Å². The highest BCUT2D eigenvalue weighted by Crippen LogP contribution is 2.33. The molecule has 0 spiro atoms. The molecular weight excluding hydrogens is 384 g/mol. The molecule has 1 aromatic rings. The molecule has 30 heavy (non-hydrogen) atoms. The first-order chi connectivity index (χ1) is 14.6. The third kappa shape index (κ3) is 4.86. The van der Waals surface area contributed by atoms with Gasteiger partial charge < -0.3 is 19.1 Å². The number of aromatic nitrogens is 1. The van der Waals surface area contributed by atoms with Crippen molar-refractivity contribution in [1.29, 1.82) is 0 Å². The molecule has 1 saturated carbocycles. The van der Waals surface area contributed by atoms with Gasteiger partial charge in [0.05, 0.1) is 25.7 Å². The highest BCUT2D eigenvalue weighted by Gasteiger charge is 2.40. The average Bonchev–Trinajstić information content (AvgIpc) is 3.42. The molecule has 1 aliphatic carbocycles. The quantitative estimate of drug-likeness (QED) is 0.748. The standard InChI is InChI=1S/C22H34N4O4/c1-24-9-4-2-3-5-10-26(20-8-6-7-18(20)21(24)27)22(28)19-15-17(30-23-19)16-25-11-13-29-14-12-25/h15,18,20H,2-14,16H2,1H3/t18-,20+/m1/s1. The van der Waals surface area contributed by atoms with Gasteiger partial charge in [-0.25, -0.2) is 0 Å². The minimum absolute atomic E-state index is 0.0371. The summed E-state index contributed by atoms with van der Waals surface area (Å²) < 4.78 is 10.9. The number of hydrogen-bond acceptors (Lipinski definition) is 6.